The normalized spacial score (nSPS) is 16.3. The Balaban J connectivity index is 2.19. The van der Waals surface area contributed by atoms with Gasteiger partial charge in [0.2, 0.25) is 5.91 Å². The van der Waals surface area contributed by atoms with Crippen LogP contribution in [0.5, 0.6) is 0 Å². The highest BCUT2D eigenvalue weighted by Crippen LogP contribution is 2.20. The number of nitrogens with one attached hydrogen (secondary N) is 1. The molecule has 2 rings (SSSR count). The molecule has 0 saturated heterocycles. The van der Waals surface area contributed by atoms with E-state index in [1.165, 1.54) is 0 Å². The van der Waals surface area contributed by atoms with Crippen LogP contribution in [-0.4, -0.2) is 32.4 Å². The predicted octanol–water partition coefficient (Wildman–Crippen LogP) is 0.317. The summed E-state index contributed by atoms with van der Waals surface area (Å²) in [5.74, 6) is 0.691. The average Bonchev–Trinajstić information content (AvgIpc) is 2.78. The lowest BCUT2D eigenvalue weighted by Crippen LogP contribution is -2.45. The molecule has 1 atom stereocenters. The number of carbonyl (C=O) groups excluding carboxylic acids is 1. The summed E-state index contributed by atoms with van der Waals surface area (Å²) >= 11 is 0. The highest BCUT2D eigenvalue weighted by Gasteiger charge is 2.30. The topological polar surface area (TPSA) is 67.2 Å². The van der Waals surface area contributed by atoms with Crippen LogP contribution in [0.15, 0.2) is 4.79 Å². The minimum Gasteiger partial charge on any atom is -0.353 e. The molecule has 1 amide bonds. The molecular weight excluding hydrogens is 256 g/mol. The largest absolute Gasteiger partial charge is 0.353 e. The van der Waals surface area contributed by atoms with Crippen molar-refractivity contribution in [1.82, 2.24) is 19.8 Å². The van der Waals surface area contributed by atoms with Gasteiger partial charge in [0.15, 0.2) is 0 Å². The maximum atomic E-state index is 12.2. The number of aryl methyl sites for hydroxylation is 1. The van der Waals surface area contributed by atoms with E-state index >= 15 is 0 Å². The van der Waals surface area contributed by atoms with Crippen molar-refractivity contribution in [2.24, 2.45) is 7.05 Å². The van der Waals surface area contributed by atoms with Gasteiger partial charge in [0.25, 0.3) is 5.56 Å². The van der Waals surface area contributed by atoms with E-state index in [0.717, 1.165) is 5.69 Å². The Labute approximate surface area is 118 Å². The Morgan fingerprint density at radius 1 is 1.30 bits per heavy atom. The molecule has 0 radical (unpaired) electrons. The molecule has 0 aliphatic carbocycles. The molecule has 1 aromatic heterocycles. The SMILES string of the molecule is Cc1nc2c(c(=O)n1C)CN([C@@H](C)C(=O)NC(C)C)C2. The van der Waals surface area contributed by atoms with E-state index in [4.69, 9.17) is 0 Å². The highest BCUT2D eigenvalue weighted by atomic mass is 16.2. The molecule has 0 unspecified atom stereocenters. The van der Waals surface area contributed by atoms with Gasteiger partial charge in [0.1, 0.15) is 5.82 Å². The lowest BCUT2D eigenvalue weighted by molar-refractivity contribution is -0.126. The fourth-order valence-corrected chi connectivity index (χ4v) is 2.40. The molecule has 1 aliphatic heterocycles. The second-order valence-corrected chi connectivity index (χ2v) is 5.69. The van der Waals surface area contributed by atoms with Crippen LogP contribution in [0.25, 0.3) is 0 Å². The summed E-state index contributed by atoms with van der Waals surface area (Å²) in [6.07, 6.45) is 0. The van der Waals surface area contributed by atoms with E-state index < -0.39 is 0 Å². The first-order valence-electron chi connectivity index (χ1n) is 6.91. The second kappa shape index (κ2) is 5.36. The highest BCUT2D eigenvalue weighted by molar-refractivity contribution is 5.81. The Morgan fingerprint density at radius 2 is 1.95 bits per heavy atom. The molecule has 0 spiro atoms. The fraction of sp³-hybridized carbons (Fsp3) is 0.643. The lowest BCUT2D eigenvalue weighted by atomic mass is 10.2. The van der Waals surface area contributed by atoms with Crippen molar-refractivity contribution >= 4 is 5.91 Å². The number of aromatic nitrogens is 2. The van der Waals surface area contributed by atoms with Gasteiger partial charge in [-0.25, -0.2) is 4.98 Å². The second-order valence-electron chi connectivity index (χ2n) is 5.69. The van der Waals surface area contributed by atoms with Gasteiger partial charge in [-0.3, -0.25) is 19.1 Å². The number of hydrogen-bond donors (Lipinski definition) is 1. The Kier molecular flexibility index (Phi) is 3.94. The average molecular weight is 278 g/mol. The lowest BCUT2D eigenvalue weighted by Gasteiger charge is -2.23. The maximum Gasteiger partial charge on any atom is 0.258 e. The van der Waals surface area contributed by atoms with E-state index in [2.05, 4.69) is 10.3 Å². The Bertz CT molecular complexity index is 592. The number of hydrogen-bond acceptors (Lipinski definition) is 4. The van der Waals surface area contributed by atoms with Gasteiger partial charge >= 0.3 is 0 Å². The first-order chi connectivity index (χ1) is 9.31. The van der Waals surface area contributed by atoms with Crippen molar-refractivity contribution in [1.29, 1.82) is 0 Å². The zero-order valence-corrected chi connectivity index (χ0v) is 12.7. The third-order valence-electron chi connectivity index (χ3n) is 3.77. The number of fused-ring (bicyclic) bond motifs is 1. The third kappa shape index (κ3) is 2.60. The smallest absolute Gasteiger partial charge is 0.258 e. The summed E-state index contributed by atoms with van der Waals surface area (Å²) in [7, 11) is 1.72. The molecule has 6 heteroatoms. The molecule has 20 heavy (non-hydrogen) atoms. The van der Waals surface area contributed by atoms with Gasteiger partial charge in [-0.1, -0.05) is 0 Å². The van der Waals surface area contributed by atoms with Crippen molar-refractivity contribution < 1.29 is 4.79 Å². The summed E-state index contributed by atoms with van der Waals surface area (Å²) < 4.78 is 1.56. The minimum atomic E-state index is -0.267. The van der Waals surface area contributed by atoms with E-state index in [0.29, 0.717) is 24.5 Å². The first kappa shape index (κ1) is 14.7. The summed E-state index contributed by atoms with van der Waals surface area (Å²) in [4.78, 5) is 30.7. The third-order valence-corrected chi connectivity index (χ3v) is 3.77. The van der Waals surface area contributed by atoms with Gasteiger partial charge < -0.3 is 5.32 Å². The molecular formula is C14H22N4O2. The van der Waals surface area contributed by atoms with Crippen molar-refractivity contribution in [3.63, 3.8) is 0 Å². The summed E-state index contributed by atoms with van der Waals surface area (Å²) in [6, 6.07) is -0.153. The van der Waals surface area contributed by atoms with Crippen LogP contribution in [0, 0.1) is 6.92 Å². The molecule has 1 N–H and O–H groups in total. The van der Waals surface area contributed by atoms with Crippen LogP contribution >= 0.6 is 0 Å². The summed E-state index contributed by atoms with van der Waals surface area (Å²) in [5, 5.41) is 2.90. The van der Waals surface area contributed by atoms with E-state index in [-0.39, 0.29) is 23.6 Å². The van der Waals surface area contributed by atoms with Gasteiger partial charge in [0.05, 0.1) is 17.3 Å². The Hall–Kier alpha value is -1.69. The van der Waals surface area contributed by atoms with Gasteiger partial charge in [0, 0.05) is 26.2 Å². The quantitative estimate of drug-likeness (QED) is 0.864. The molecule has 2 heterocycles. The van der Waals surface area contributed by atoms with Gasteiger partial charge in [-0.15, -0.1) is 0 Å². The number of nitrogens with zero attached hydrogens (tertiary/aromatic N) is 3. The molecule has 110 valence electrons. The molecule has 0 fully saturated rings. The van der Waals surface area contributed by atoms with Crippen LogP contribution in [-0.2, 0) is 24.9 Å². The molecule has 0 bridgehead atoms. The first-order valence-corrected chi connectivity index (χ1v) is 6.91. The van der Waals surface area contributed by atoms with Crippen molar-refractivity contribution in [3.05, 3.63) is 27.4 Å². The van der Waals surface area contributed by atoms with Crippen LogP contribution in [0.4, 0.5) is 0 Å². The monoisotopic (exact) mass is 278 g/mol. The van der Waals surface area contributed by atoms with E-state index in [9.17, 15) is 9.59 Å². The van der Waals surface area contributed by atoms with Crippen LogP contribution in [0.2, 0.25) is 0 Å². The molecule has 0 aromatic carbocycles. The van der Waals surface area contributed by atoms with Crippen molar-refractivity contribution in [3.8, 4) is 0 Å². The minimum absolute atomic E-state index is 0.00790. The Morgan fingerprint density at radius 3 is 2.55 bits per heavy atom. The van der Waals surface area contributed by atoms with Gasteiger partial charge in [-0.2, -0.15) is 0 Å². The zero-order valence-electron chi connectivity index (χ0n) is 12.7. The van der Waals surface area contributed by atoms with E-state index in [1.807, 2.05) is 32.6 Å². The maximum absolute atomic E-state index is 12.2. The van der Waals surface area contributed by atoms with Crippen LogP contribution < -0.4 is 10.9 Å². The zero-order chi connectivity index (χ0) is 15.0. The van der Waals surface area contributed by atoms with Gasteiger partial charge in [-0.05, 0) is 27.7 Å². The summed E-state index contributed by atoms with van der Waals surface area (Å²) in [5.41, 5.74) is 1.50. The number of amides is 1. The predicted molar refractivity (Wildman–Crippen MR) is 76.2 cm³/mol. The van der Waals surface area contributed by atoms with Crippen molar-refractivity contribution in [2.45, 2.75) is 52.9 Å². The fourth-order valence-electron chi connectivity index (χ4n) is 2.40. The van der Waals surface area contributed by atoms with Crippen LogP contribution in [0.3, 0.4) is 0 Å². The molecule has 1 aromatic rings. The number of rotatable bonds is 3. The number of carbonyl (C=O) groups is 1. The molecule has 0 saturated carbocycles. The standard InChI is InChI=1S/C14H22N4O2/c1-8(2)15-13(19)9(3)18-6-11-12(7-18)16-10(4)17(5)14(11)20/h8-9H,6-7H2,1-5H3,(H,15,19)/t9-/m0/s1. The van der Waals surface area contributed by atoms with Crippen molar-refractivity contribution in [2.75, 3.05) is 0 Å². The van der Waals surface area contributed by atoms with E-state index in [1.54, 1.807) is 11.6 Å². The molecule has 6 nitrogen and oxygen atoms in total. The summed E-state index contributed by atoms with van der Waals surface area (Å²) in [6.45, 7) is 8.59. The molecule has 1 aliphatic rings. The van der Waals surface area contributed by atoms with Crippen LogP contribution in [0.1, 0.15) is 37.9 Å².